The molecule has 0 spiro atoms. The van der Waals surface area contributed by atoms with Crippen LogP contribution in [0.15, 0.2) is 24.3 Å². The van der Waals surface area contributed by atoms with Gasteiger partial charge in [0.25, 0.3) is 5.69 Å². The predicted octanol–water partition coefficient (Wildman–Crippen LogP) is 2.55. The number of carbonyl (C=O) groups excluding carboxylic acids is 1. The zero-order chi connectivity index (χ0) is 21.5. The van der Waals surface area contributed by atoms with Crippen molar-refractivity contribution in [2.24, 2.45) is 0 Å². The molecule has 0 saturated heterocycles. The second kappa shape index (κ2) is 13.7. The molecule has 0 fully saturated rings. The molecule has 29 heavy (non-hydrogen) atoms. The van der Waals surface area contributed by atoms with Gasteiger partial charge in [0.2, 0.25) is 0 Å². The lowest BCUT2D eigenvalue weighted by atomic mass is 10.2. The maximum atomic E-state index is 11.4. The SMILES string of the molecule is CC(C)(C)OC(=O)NCCOCCOCCOCCOc1ccc([N+](=O)[O-])cc1. The van der Waals surface area contributed by atoms with Crippen molar-refractivity contribution in [2.75, 3.05) is 52.8 Å². The van der Waals surface area contributed by atoms with Crippen LogP contribution in [0.3, 0.4) is 0 Å². The lowest BCUT2D eigenvalue weighted by molar-refractivity contribution is -0.384. The molecule has 0 heterocycles. The van der Waals surface area contributed by atoms with E-state index >= 15 is 0 Å². The third-order valence-electron chi connectivity index (χ3n) is 3.20. The Balaban J connectivity index is 1.86. The van der Waals surface area contributed by atoms with Crippen molar-refractivity contribution in [1.82, 2.24) is 5.32 Å². The molecule has 0 aromatic heterocycles. The Morgan fingerprint density at radius 2 is 1.45 bits per heavy atom. The van der Waals surface area contributed by atoms with Crippen molar-refractivity contribution in [3.8, 4) is 5.75 Å². The Morgan fingerprint density at radius 3 is 1.97 bits per heavy atom. The first-order chi connectivity index (χ1) is 13.8. The average Bonchev–Trinajstić information content (AvgIpc) is 2.64. The number of nitrogens with zero attached hydrogens (tertiary/aromatic N) is 1. The number of alkyl carbamates (subject to hydrolysis) is 1. The largest absolute Gasteiger partial charge is 0.491 e. The van der Waals surface area contributed by atoms with Crippen molar-refractivity contribution in [3.63, 3.8) is 0 Å². The molecule has 0 bridgehead atoms. The molecule has 0 radical (unpaired) electrons. The van der Waals surface area contributed by atoms with Gasteiger partial charge in [-0.25, -0.2) is 4.79 Å². The summed E-state index contributed by atoms with van der Waals surface area (Å²) in [4.78, 5) is 21.5. The highest BCUT2D eigenvalue weighted by Gasteiger charge is 2.15. The van der Waals surface area contributed by atoms with Gasteiger partial charge in [0, 0.05) is 18.7 Å². The fourth-order valence-corrected chi connectivity index (χ4v) is 1.96. The van der Waals surface area contributed by atoms with Crippen molar-refractivity contribution in [2.45, 2.75) is 26.4 Å². The third-order valence-corrected chi connectivity index (χ3v) is 3.20. The van der Waals surface area contributed by atoms with Crippen molar-refractivity contribution >= 4 is 11.8 Å². The monoisotopic (exact) mass is 414 g/mol. The number of hydrogen-bond acceptors (Lipinski definition) is 8. The molecule has 1 amide bonds. The molecule has 164 valence electrons. The van der Waals surface area contributed by atoms with E-state index in [0.29, 0.717) is 58.5 Å². The predicted molar refractivity (Wildman–Crippen MR) is 105 cm³/mol. The standard InChI is InChI=1S/C19H30N2O8/c1-19(2,3)29-18(22)20-8-9-25-10-11-26-12-13-27-14-15-28-17-6-4-16(5-7-17)21(23)24/h4-7H,8-15H2,1-3H3,(H,20,22). The number of hydrogen-bond donors (Lipinski definition) is 1. The number of rotatable bonds is 14. The zero-order valence-corrected chi connectivity index (χ0v) is 17.2. The van der Waals surface area contributed by atoms with Crippen LogP contribution in [0.4, 0.5) is 10.5 Å². The normalized spacial score (nSPS) is 11.1. The van der Waals surface area contributed by atoms with E-state index in [4.69, 9.17) is 23.7 Å². The minimum absolute atomic E-state index is 0.0223. The van der Waals surface area contributed by atoms with Crippen LogP contribution in [-0.4, -0.2) is 69.4 Å². The van der Waals surface area contributed by atoms with Crippen LogP contribution in [0.2, 0.25) is 0 Å². The van der Waals surface area contributed by atoms with Crippen LogP contribution in [0.1, 0.15) is 20.8 Å². The van der Waals surface area contributed by atoms with Crippen molar-refractivity contribution in [1.29, 1.82) is 0 Å². The summed E-state index contributed by atoms with van der Waals surface area (Å²) in [5, 5.41) is 13.2. The number of nitrogens with one attached hydrogen (secondary N) is 1. The lowest BCUT2D eigenvalue weighted by Gasteiger charge is -2.19. The number of benzene rings is 1. The molecule has 0 unspecified atom stereocenters. The van der Waals surface area contributed by atoms with Crippen LogP contribution >= 0.6 is 0 Å². The Hall–Kier alpha value is -2.43. The first-order valence-electron chi connectivity index (χ1n) is 9.35. The number of nitro benzene ring substituents is 1. The van der Waals surface area contributed by atoms with Gasteiger partial charge in [0.05, 0.1) is 44.6 Å². The molecule has 1 aromatic carbocycles. The van der Waals surface area contributed by atoms with Crippen LogP contribution in [0.25, 0.3) is 0 Å². The average molecular weight is 414 g/mol. The van der Waals surface area contributed by atoms with Crippen LogP contribution in [-0.2, 0) is 18.9 Å². The Morgan fingerprint density at radius 1 is 0.931 bits per heavy atom. The van der Waals surface area contributed by atoms with Gasteiger partial charge in [-0.05, 0) is 32.9 Å². The summed E-state index contributed by atoms with van der Waals surface area (Å²) in [7, 11) is 0. The van der Waals surface area contributed by atoms with E-state index in [1.807, 2.05) is 0 Å². The second-order valence-electron chi connectivity index (χ2n) is 6.87. The maximum Gasteiger partial charge on any atom is 0.407 e. The molecule has 0 aliphatic carbocycles. The number of non-ortho nitro benzene ring substituents is 1. The van der Waals surface area contributed by atoms with E-state index in [1.165, 1.54) is 12.1 Å². The molecule has 10 heteroatoms. The Kier molecular flexibility index (Phi) is 11.6. The number of ether oxygens (including phenoxy) is 5. The summed E-state index contributed by atoms with van der Waals surface area (Å²) in [6.07, 6.45) is -0.466. The molecular weight excluding hydrogens is 384 g/mol. The van der Waals surface area contributed by atoms with Gasteiger partial charge in [0.15, 0.2) is 0 Å². The molecule has 0 aliphatic heterocycles. The van der Waals surface area contributed by atoms with E-state index < -0.39 is 16.6 Å². The van der Waals surface area contributed by atoms with Gasteiger partial charge in [-0.2, -0.15) is 0 Å². The third kappa shape index (κ3) is 13.4. The molecule has 1 rings (SSSR count). The summed E-state index contributed by atoms with van der Waals surface area (Å²) in [6, 6.07) is 5.87. The quantitative estimate of drug-likeness (QED) is 0.280. The van der Waals surface area contributed by atoms with Crippen LogP contribution in [0.5, 0.6) is 5.75 Å². The summed E-state index contributed by atoms with van der Waals surface area (Å²) in [5.74, 6) is 0.550. The number of nitro groups is 1. The number of carbonyl (C=O) groups is 1. The molecular formula is C19H30N2O8. The zero-order valence-electron chi connectivity index (χ0n) is 17.2. The van der Waals surface area contributed by atoms with E-state index in [9.17, 15) is 14.9 Å². The van der Waals surface area contributed by atoms with E-state index in [1.54, 1.807) is 32.9 Å². The second-order valence-corrected chi connectivity index (χ2v) is 6.87. The highest BCUT2D eigenvalue weighted by molar-refractivity contribution is 5.67. The van der Waals surface area contributed by atoms with Gasteiger partial charge in [-0.3, -0.25) is 10.1 Å². The highest BCUT2D eigenvalue weighted by atomic mass is 16.6. The summed E-state index contributed by atoms with van der Waals surface area (Å²) < 4.78 is 26.6. The fraction of sp³-hybridized carbons (Fsp3) is 0.632. The molecule has 1 N–H and O–H groups in total. The Labute approximate surface area is 170 Å². The van der Waals surface area contributed by atoms with Crippen molar-refractivity contribution < 1.29 is 33.4 Å². The van der Waals surface area contributed by atoms with Gasteiger partial charge in [-0.1, -0.05) is 0 Å². The first kappa shape index (κ1) is 24.6. The smallest absolute Gasteiger partial charge is 0.407 e. The maximum absolute atomic E-state index is 11.4. The van der Waals surface area contributed by atoms with Crippen LogP contribution < -0.4 is 10.1 Å². The van der Waals surface area contributed by atoms with Crippen molar-refractivity contribution in [3.05, 3.63) is 34.4 Å². The minimum Gasteiger partial charge on any atom is -0.491 e. The fourth-order valence-electron chi connectivity index (χ4n) is 1.96. The summed E-state index contributed by atoms with van der Waals surface area (Å²) >= 11 is 0. The number of amides is 1. The van der Waals surface area contributed by atoms with E-state index in [-0.39, 0.29) is 5.69 Å². The van der Waals surface area contributed by atoms with Gasteiger partial charge < -0.3 is 29.0 Å². The van der Waals surface area contributed by atoms with E-state index in [0.717, 1.165) is 0 Å². The van der Waals surface area contributed by atoms with Gasteiger partial charge >= 0.3 is 6.09 Å². The topological polar surface area (TPSA) is 118 Å². The molecule has 10 nitrogen and oxygen atoms in total. The minimum atomic E-state index is -0.516. The first-order valence-corrected chi connectivity index (χ1v) is 9.35. The van der Waals surface area contributed by atoms with Crippen LogP contribution in [0, 0.1) is 10.1 Å². The highest BCUT2D eigenvalue weighted by Crippen LogP contribution is 2.17. The molecule has 0 atom stereocenters. The lowest BCUT2D eigenvalue weighted by Crippen LogP contribution is -2.34. The summed E-state index contributed by atoms with van der Waals surface area (Å²) in [6.45, 7) is 8.56. The van der Waals surface area contributed by atoms with Gasteiger partial charge in [0.1, 0.15) is 18.0 Å². The van der Waals surface area contributed by atoms with E-state index in [2.05, 4.69) is 5.32 Å². The molecule has 0 aliphatic rings. The summed E-state index contributed by atoms with van der Waals surface area (Å²) in [5.41, 5.74) is -0.494. The molecule has 1 aromatic rings. The molecule has 0 saturated carbocycles. The van der Waals surface area contributed by atoms with Gasteiger partial charge in [-0.15, -0.1) is 0 Å². The Bertz CT molecular complexity index is 601.